The molecule has 0 aromatic heterocycles. The third-order valence-corrected chi connectivity index (χ3v) is 7.34. The number of halogens is 2. The molecule has 2 aromatic rings. The Morgan fingerprint density at radius 3 is 2.80 bits per heavy atom. The van der Waals surface area contributed by atoms with E-state index in [1.54, 1.807) is 17.0 Å². The lowest BCUT2D eigenvalue weighted by molar-refractivity contribution is -0.116. The zero-order chi connectivity index (χ0) is 21.3. The van der Waals surface area contributed by atoms with E-state index in [1.165, 1.54) is 30.3 Å². The van der Waals surface area contributed by atoms with E-state index in [-0.39, 0.29) is 29.4 Å². The van der Waals surface area contributed by atoms with Crippen LogP contribution in [0.2, 0.25) is 5.02 Å². The molecule has 2 atom stereocenters. The molecule has 2 aliphatic rings. The number of hydrogen-bond donors (Lipinski definition) is 1. The molecule has 1 saturated carbocycles. The maximum absolute atomic E-state index is 13.4. The molecule has 0 spiro atoms. The number of nitrogens with zero attached hydrogens (tertiary/aromatic N) is 1. The fourth-order valence-electron chi connectivity index (χ4n) is 4.12. The Kier molecular flexibility index (Phi) is 6.34. The third kappa shape index (κ3) is 4.49. The molecule has 158 valence electrons. The van der Waals surface area contributed by atoms with Crippen LogP contribution in [0, 0.1) is 11.7 Å². The van der Waals surface area contributed by atoms with Gasteiger partial charge in [0.05, 0.1) is 18.0 Å². The van der Waals surface area contributed by atoms with E-state index < -0.39 is 5.82 Å². The van der Waals surface area contributed by atoms with E-state index >= 15 is 0 Å². The molecule has 4 nitrogen and oxygen atoms in total. The Hall–Kier alpha value is -2.05. The van der Waals surface area contributed by atoms with Crippen LogP contribution in [-0.2, 0) is 11.3 Å². The summed E-state index contributed by atoms with van der Waals surface area (Å²) in [6.07, 6.45) is 4.48. The molecule has 0 saturated heterocycles. The molecule has 1 fully saturated rings. The summed E-state index contributed by atoms with van der Waals surface area (Å²) in [4.78, 5) is 28.1. The zero-order valence-electron chi connectivity index (χ0n) is 16.8. The number of fused-ring (bicyclic) bond motifs is 1. The van der Waals surface area contributed by atoms with Crippen molar-refractivity contribution in [2.45, 2.75) is 50.1 Å². The second-order valence-corrected chi connectivity index (χ2v) is 9.45. The number of amides is 2. The molecular formula is C23H24ClFN2O2S. The number of hydrogen-bond acceptors (Lipinski definition) is 3. The number of thioether (sulfide) groups is 1. The van der Waals surface area contributed by atoms with Gasteiger partial charge in [-0.05, 0) is 54.7 Å². The van der Waals surface area contributed by atoms with Crippen molar-refractivity contribution in [2.24, 2.45) is 5.92 Å². The highest BCUT2D eigenvalue weighted by Crippen LogP contribution is 2.37. The van der Waals surface area contributed by atoms with Gasteiger partial charge in [-0.3, -0.25) is 9.59 Å². The number of benzene rings is 2. The monoisotopic (exact) mass is 446 g/mol. The number of anilines is 1. The first-order chi connectivity index (χ1) is 14.4. The van der Waals surface area contributed by atoms with Crippen LogP contribution in [0.3, 0.4) is 0 Å². The second-order valence-electron chi connectivity index (χ2n) is 8.03. The maximum atomic E-state index is 13.4. The minimum Gasteiger partial charge on any atom is -0.349 e. The van der Waals surface area contributed by atoms with Crippen molar-refractivity contribution in [1.82, 2.24) is 5.32 Å². The van der Waals surface area contributed by atoms with Crippen LogP contribution in [0.1, 0.15) is 48.5 Å². The normalized spacial score (nSPS) is 21.3. The van der Waals surface area contributed by atoms with Crippen molar-refractivity contribution in [3.05, 3.63) is 58.4 Å². The van der Waals surface area contributed by atoms with Crippen molar-refractivity contribution in [2.75, 3.05) is 10.7 Å². The van der Waals surface area contributed by atoms with Crippen LogP contribution in [0.4, 0.5) is 10.1 Å². The minimum atomic E-state index is -0.416. The Morgan fingerprint density at radius 2 is 2.03 bits per heavy atom. The standard InChI is InChI=1S/C23H24ClFN2O2S/c1-14-4-2-3-5-19(14)26-23(29)15-7-9-21-20(10-15)27(22(28)13-30-21)12-16-6-8-17(25)11-18(16)24/h6-11,14,19H,2-5,12-13H2,1H3,(H,26,29)/t14-,19-/m1/s1. The van der Waals surface area contributed by atoms with Crippen LogP contribution >= 0.6 is 23.4 Å². The third-order valence-electron chi connectivity index (χ3n) is 5.94. The number of nitrogens with one attached hydrogen (secondary N) is 1. The maximum Gasteiger partial charge on any atom is 0.251 e. The van der Waals surface area contributed by atoms with Gasteiger partial charge in [-0.2, -0.15) is 0 Å². The smallest absolute Gasteiger partial charge is 0.251 e. The highest BCUT2D eigenvalue weighted by molar-refractivity contribution is 8.00. The van der Waals surface area contributed by atoms with Gasteiger partial charge >= 0.3 is 0 Å². The van der Waals surface area contributed by atoms with Crippen LogP contribution in [0.25, 0.3) is 0 Å². The van der Waals surface area contributed by atoms with E-state index in [0.29, 0.717) is 28.5 Å². The molecule has 0 unspecified atom stereocenters. The quantitative estimate of drug-likeness (QED) is 0.681. The van der Waals surface area contributed by atoms with Gasteiger partial charge in [0.1, 0.15) is 5.82 Å². The Bertz CT molecular complexity index is 984. The van der Waals surface area contributed by atoms with Gasteiger partial charge in [-0.15, -0.1) is 11.8 Å². The summed E-state index contributed by atoms with van der Waals surface area (Å²) >= 11 is 7.64. The summed E-state index contributed by atoms with van der Waals surface area (Å²) in [7, 11) is 0. The summed E-state index contributed by atoms with van der Waals surface area (Å²) in [5, 5.41) is 3.45. The van der Waals surface area contributed by atoms with Crippen molar-refractivity contribution in [1.29, 1.82) is 0 Å². The van der Waals surface area contributed by atoms with Gasteiger partial charge < -0.3 is 10.2 Å². The van der Waals surface area contributed by atoms with Gasteiger partial charge in [0.25, 0.3) is 5.91 Å². The number of carbonyl (C=O) groups is 2. The molecule has 0 radical (unpaired) electrons. The van der Waals surface area contributed by atoms with Gasteiger partial charge in [-0.1, -0.05) is 37.4 Å². The molecule has 30 heavy (non-hydrogen) atoms. The van der Waals surface area contributed by atoms with Crippen molar-refractivity contribution in [3.8, 4) is 0 Å². The summed E-state index contributed by atoms with van der Waals surface area (Å²) in [5.41, 5.74) is 1.90. The van der Waals surface area contributed by atoms with Crippen molar-refractivity contribution in [3.63, 3.8) is 0 Å². The summed E-state index contributed by atoms with van der Waals surface area (Å²) in [6.45, 7) is 2.41. The fraction of sp³-hybridized carbons (Fsp3) is 0.391. The first-order valence-electron chi connectivity index (χ1n) is 10.2. The Balaban J connectivity index is 1.58. The van der Waals surface area contributed by atoms with Crippen molar-refractivity contribution < 1.29 is 14.0 Å². The lowest BCUT2D eigenvalue weighted by atomic mass is 9.86. The summed E-state index contributed by atoms with van der Waals surface area (Å²) < 4.78 is 13.4. The molecule has 1 aliphatic heterocycles. The SMILES string of the molecule is C[C@@H]1CCCC[C@H]1NC(=O)c1ccc2c(c1)N(Cc1ccc(F)cc1Cl)C(=O)CS2. The van der Waals surface area contributed by atoms with E-state index in [0.717, 1.165) is 24.2 Å². The lowest BCUT2D eigenvalue weighted by Gasteiger charge is -2.31. The van der Waals surface area contributed by atoms with E-state index in [1.807, 2.05) is 12.1 Å². The lowest BCUT2D eigenvalue weighted by Crippen LogP contribution is -2.41. The number of rotatable bonds is 4. The minimum absolute atomic E-state index is 0.0636. The molecular weight excluding hydrogens is 423 g/mol. The first kappa shape index (κ1) is 21.2. The van der Waals surface area contributed by atoms with Gasteiger partial charge in [-0.25, -0.2) is 4.39 Å². The van der Waals surface area contributed by atoms with Crippen LogP contribution in [0.15, 0.2) is 41.3 Å². The summed E-state index contributed by atoms with van der Waals surface area (Å²) in [6, 6.07) is 9.84. The van der Waals surface area contributed by atoms with Gasteiger partial charge in [0.2, 0.25) is 5.91 Å². The molecule has 1 aliphatic carbocycles. The van der Waals surface area contributed by atoms with E-state index in [2.05, 4.69) is 12.2 Å². The van der Waals surface area contributed by atoms with Gasteiger partial charge in [0, 0.05) is 21.5 Å². The average Bonchev–Trinajstić information content (AvgIpc) is 2.73. The highest BCUT2D eigenvalue weighted by atomic mass is 35.5. The highest BCUT2D eigenvalue weighted by Gasteiger charge is 2.28. The predicted octanol–water partition coefficient (Wildman–Crippen LogP) is 5.43. The molecule has 4 rings (SSSR count). The topological polar surface area (TPSA) is 49.4 Å². The van der Waals surface area contributed by atoms with Gasteiger partial charge in [0.15, 0.2) is 0 Å². The molecule has 2 amide bonds. The largest absolute Gasteiger partial charge is 0.349 e. The van der Waals surface area contributed by atoms with Crippen LogP contribution < -0.4 is 10.2 Å². The van der Waals surface area contributed by atoms with E-state index in [9.17, 15) is 14.0 Å². The zero-order valence-corrected chi connectivity index (χ0v) is 18.4. The predicted molar refractivity (Wildman–Crippen MR) is 119 cm³/mol. The van der Waals surface area contributed by atoms with Crippen LogP contribution in [-0.4, -0.2) is 23.6 Å². The molecule has 0 bridgehead atoms. The van der Waals surface area contributed by atoms with Crippen molar-refractivity contribution >= 4 is 40.9 Å². The summed E-state index contributed by atoms with van der Waals surface area (Å²) in [5.74, 6) is 0.192. The van der Waals surface area contributed by atoms with Crippen LogP contribution in [0.5, 0.6) is 0 Å². The molecule has 2 aromatic carbocycles. The van der Waals surface area contributed by atoms with E-state index in [4.69, 9.17) is 11.6 Å². The Morgan fingerprint density at radius 1 is 1.23 bits per heavy atom. The molecule has 7 heteroatoms. The first-order valence-corrected chi connectivity index (χ1v) is 11.6. The molecule has 1 heterocycles. The fourth-order valence-corrected chi connectivity index (χ4v) is 5.26. The Labute approximate surface area is 185 Å². The average molecular weight is 447 g/mol. The molecule has 1 N–H and O–H groups in total. The number of carbonyl (C=O) groups excluding carboxylic acids is 2. The second kappa shape index (κ2) is 8.98.